The predicted octanol–water partition coefficient (Wildman–Crippen LogP) is 0.540. The van der Waals surface area contributed by atoms with Crippen LogP contribution in [0, 0.1) is 0 Å². The molecule has 2 saturated heterocycles. The van der Waals surface area contributed by atoms with Gasteiger partial charge in [-0.3, -0.25) is 4.79 Å². The largest absolute Gasteiger partial charge is 0.368 e. The van der Waals surface area contributed by atoms with E-state index in [0.717, 1.165) is 12.8 Å². The summed E-state index contributed by atoms with van der Waals surface area (Å²) in [4.78, 5) is 24.2. The number of anilines is 2. The molecule has 2 aliphatic heterocycles. The van der Waals surface area contributed by atoms with Gasteiger partial charge in [-0.1, -0.05) is 11.6 Å². The van der Waals surface area contributed by atoms with Gasteiger partial charge in [-0.15, -0.1) is 0 Å². The quantitative estimate of drug-likeness (QED) is 0.803. The summed E-state index contributed by atoms with van der Waals surface area (Å²) in [7, 11) is 0. The lowest BCUT2D eigenvalue weighted by atomic mass is 10.2. The number of aromatic nitrogens is 2. The first-order valence-corrected chi connectivity index (χ1v) is 7.46. The Kier molecular flexibility index (Phi) is 4.12. The number of amides is 1. The van der Waals surface area contributed by atoms with Crippen molar-refractivity contribution in [3.63, 3.8) is 0 Å². The second-order valence-electron chi connectivity index (χ2n) is 5.22. The van der Waals surface area contributed by atoms with Gasteiger partial charge < -0.3 is 20.3 Å². The number of nitrogen functional groups attached to an aromatic ring is 1. The van der Waals surface area contributed by atoms with E-state index in [9.17, 15) is 4.79 Å². The molecule has 3 rings (SSSR count). The standard InChI is InChI=1S/C13H18ClN5O2/c14-10-8-11(17-13(15)16-10)18-3-5-19(6-4-18)12(20)9-2-1-7-21-9/h8-9H,1-7H2,(H2,15,16,17)/t9-/m0/s1. The van der Waals surface area contributed by atoms with Gasteiger partial charge >= 0.3 is 0 Å². The van der Waals surface area contributed by atoms with E-state index in [-0.39, 0.29) is 18.0 Å². The van der Waals surface area contributed by atoms with E-state index < -0.39 is 0 Å². The Morgan fingerprint density at radius 2 is 2.10 bits per heavy atom. The highest BCUT2D eigenvalue weighted by atomic mass is 35.5. The fraction of sp³-hybridized carbons (Fsp3) is 0.615. The summed E-state index contributed by atoms with van der Waals surface area (Å²) in [5, 5.41) is 0.329. The fourth-order valence-corrected chi connectivity index (χ4v) is 2.90. The maximum Gasteiger partial charge on any atom is 0.251 e. The Bertz CT molecular complexity index is 507. The Morgan fingerprint density at radius 1 is 1.33 bits per heavy atom. The number of nitrogens with zero attached hydrogens (tertiary/aromatic N) is 4. The third-order valence-corrected chi connectivity index (χ3v) is 4.01. The monoisotopic (exact) mass is 311 g/mol. The Balaban J connectivity index is 1.60. The first-order chi connectivity index (χ1) is 10.1. The number of carbonyl (C=O) groups is 1. The second kappa shape index (κ2) is 6.03. The summed E-state index contributed by atoms with van der Waals surface area (Å²) in [6, 6.07) is 1.69. The smallest absolute Gasteiger partial charge is 0.251 e. The van der Waals surface area contributed by atoms with Crippen LogP contribution < -0.4 is 10.6 Å². The highest BCUT2D eigenvalue weighted by Crippen LogP contribution is 2.20. The number of hydrogen-bond donors (Lipinski definition) is 1. The molecule has 8 heteroatoms. The van der Waals surface area contributed by atoms with E-state index >= 15 is 0 Å². The van der Waals surface area contributed by atoms with Crippen LogP contribution in [0.25, 0.3) is 0 Å². The van der Waals surface area contributed by atoms with Gasteiger partial charge in [0.25, 0.3) is 5.91 Å². The minimum Gasteiger partial charge on any atom is -0.368 e. The summed E-state index contributed by atoms with van der Waals surface area (Å²) >= 11 is 5.90. The number of carbonyl (C=O) groups excluding carboxylic acids is 1. The van der Waals surface area contributed by atoms with Crippen LogP contribution in [0.2, 0.25) is 5.15 Å². The van der Waals surface area contributed by atoms with Crippen LogP contribution in [-0.4, -0.2) is 59.7 Å². The molecule has 114 valence electrons. The second-order valence-corrected chi connectivity index (χ2v) is 5.61. The molecule has 0 radical (unpaired) electrons. The highest BCUT2D eigenvalue weighted by molar-refractivity contribution is 6.29. The van der Waals surface area contributed by atoms with Crippen molar-refractivity contribution in [2.75, 3.05) is 43.4 Å². The molecule has 1 amide bonds. The van der Waals surface area contributed by atoms with Crippen LogP contribution in [-0.2, 0) is 9.53 Å². The summed E-state index contributed by atoms with van der Waals surface area (Å²) in [5.41, 5.74) is 5.61. The lowest BCUT2D eigenvalue weighted by molar-refractivity contribution is -0.141. The number of piperazine rings is 1. The van der Waals surface area contributed by atoms with Crippen molar-refractivity contribution in [2.45, 2.75) is 18.9 Å². The first kappa shape index (κ1) is 14.3. The molecule has 2 N–H and O–H groups in total. The van der Waals surface area contributed by atoms with Gasteiger partial charge in [0.1, 0.15) is 17.1 Å². The van der Waals surface area contributed by atoms with Gasteiger partial charge in [-0.25, -0.2) is 4.98 Å². The molecular weight excluding hydrogens is 294 g/mol. The zero-order valence-electron chi connectivity index (χ0n) is 11.7. The summed E-state index contributed by atoms with van der Waals surface area (Å²) < 4.78 is 5.45. The molecule has 0 aromatic carbocycles. The SMILES string of the molecule is Nc1nc(Cl)cc(N2CCN(C(=O)[C@@H]3CCCO3)CC2)n1. The first-order valence-electron chi connectivity index (χ1n) is 7.09. The van der Waals surface area contributed by atoms with E-state index in [1.165, 1.54) is 0 Å². The topological polar surface area (TPSA) is 84.6 Å². The zero-order chi connectivity index (χ0) is 14.8. The van der Waals surface area contributed by atoms with Crippen molar-refractivity contribution in [2.24, 2.45) is 0 Å². The third-order valence-electron chi connectivity index (χ3n) is 3.82. The molecule has 2 aliphatic rings. The summed E-state index contributed by atoms with van der Waals surface area (Å²) in [6.45, 7) is 3.39. The van der Waals surface area contributed by atoms with Gasteiger partial charge in [0.2, 0.25) is 5.95 Å². The molecule has 0 spiro atoms. The lowest BCUT2D eigenvalue weighted by Crippen LogP contribution is -2.51. The molecule has 0 saturated carbocycles. The van der Waals surface area contributed by atoms with Gasteiger partial charge in [0, 0.05) is 38.9 Å². The van der Waals surface area contributed by atoms with Gasteiger partial charge in [-0.05, 0) is 12.8 Å². The predicted molar refractivity (Wildman–Crippen MR) is 79.2 cm³/mol. The molecule has 3 heterocycles. The summed E-state index contributed by atoms with van der Waals surface area (Å²) in [6.07, 6.45) is 1.55. The molecule has 1 atom stereocenters. The molecule has 21 heavy (non-hydrogen) atoms. The third kappa shape index (κ3) is 3.19. The maximum atomic E-state index is 12.3. The Morgan fingerprint density at radius 3 is 2.71 bits per heavy atom. The Hall–Kier alpha value is -1.60. The average molecular weight is 312 g/mol. The van der Waals surface area contributed by atoms with Crippen LogP contribution >= 0.6 is 11.6 Å². The normalized spacial score (nSPS) is 22.6. The molecule has 2 fully saturated rings. The van der Waals surface area contributed by atoms with E-state index in [2.05, 4.69) is 14.9 Å². The lowest BCUT2D eigenvalue weighted by Gasteiger charge is -2.36. The van der Waals surface area contributed by atoms with E-state index in [1.54, 1.807) is 6.07 Å². The number of nitrogens with two attached hydrogens (primary N) is 1. The molecule has 0 aliphatic carbocycles. The van der Waals surface area contributed by atoms with Crippen molar-refractivity contribution in [1.82, 2.24) is 14.9 Å². The van der Waals surface area contributed by atoms with Gasteiger partial charge in [-0.2, -0.15) is 4.98 Å². The van der Waals surface area contributed by atoms with Crippen LogP contribution in [0.15, 0.2) is 6.07 Å². The van der Waals surface area contributed by atoms with Crippen molar-refractivity contribution >= 4 is 29.3 Å². The van der Waals surface area contributed by atoms with Crippen LogP contribution in [0.4, 0.5) is 11.8 Å². The van der Waals surface area contributed by atoms with Crippen LogP contribution in [0.3, 0.4) is 0 Å². The van der Waals surface area contributed by atoms with E-state index in [4.69, 9.17) is 22.1 Å². The number of ether oxygens (including phenoxy) is 1. The summed E-state index contributed by atoms with van der Waals surface area (Å²) in [5.74, 6) is 0.972. The molecule has 1 aromatic heterocycles. The highest BCUT2D eigenvalue weighted by Gasteiger charge is 2.30. The fourth-order valence-electron chi connectivity index (χ4n) is 2.72. The van der Waals surface area contributed by atoms with Crippen molar-refractivity contribution in [1.29, 1.82) is 0 Å². The van der Waals surface area contributed by atoms with Crippen LogP contribution in [0.1, 0.15) is 12.8 Å². The van der Waals surface area contributed by atoms with Crippen molar-refractivity contribution in [3.05, 3.63) is 11.2 Å². The average Bonchev–Trinajstić information content (AvgIpc) is 3.00. The Labute approximate surface area is 128 Å². The minimum atomic E-state index is -0.249. The molecule has 0 bridgehead atoms. The number of rotatable bonds is 2. The number of halogens is 1. The van der Waals surface area contributed by atoms with E-state index in [0.29, 0.717) is 43.8 Å². The van der Waals surface area contributed by atoms with Gasteiger partial charge in [0.15, 0.2) is 0 Å². The molecular formula is C13H18ClN5O2. The maximum absolute atomic E-state index is 12.3. The molecule has 1 aromatic rings. The van der Waals surface area contributed by atoms with Crippen molar-refractivity contribution < 1.29 is 9.53 Å². The van der Waals surface area contributed by atoms with E-state index in [1.807, 2.05) is 4.90 Å². The zero-order valence-corrected chi connectivity index (χ0v) is 12.4. The van der Waals surface area contributed by atoms with Crippen LogP contribution in [0.5, 0.6) is 0 Å². The van der Waals surface area contributed by atoms with Gasteiger partial charge in [0.05, 0.1) is 0 Å². The molecule has 0 unspecified atom stereocenters. The number of hydrogen-bond acceptors (Lipinski definition) is 6. The molecule has 7 nitrogen and oxygen atoms in total. The van der Waals surface area contributed by atoms with Crippen molar-refractivity contribution in [3.8, 4) is 0 Å². The minimum absolute atomic E-state index is 0.104.